The van der Waals surface area contributed by atoms with E-state index in [9.17, 15) is 0 Å². The number of nitrogens with one attached hydrogen (secondary N) is 1. The number of likely N-dealkylation sites (tertiary alicyclic amines) is 1. The Morgan fingerprint density at radius 1 is 1.35 bits per heavy atom. The molecular formula is C14H28N6. The second-order valence-electron chi connectivity index (χ2n) is 6.12. The Hall–Kier alpha value is -0.980. The van der Waals surface area contributed by atoms with E-state index >= 15 is 0 Å². The lowest BCUT2D eigenvalue weighted by Gasteiger charge is -2.45. The summed E-state index contributed by atoms with van der Waals surface area (Å²) in [6.45, 7) is 9.79. The summed E-state index contributed by atoms with van der Waals surface area (Å²) < 4.78 is 1.94. The van der Waals surface area contributed by atoms with Gasteiger partial charge in [0.2, 0.25) is 0 Å². The SMILES string of the molecule is CCn1ncnc1CC(NN)C(C)(C)N1CCCCC1. The van der Waals surface area contributed by atoms with Crippen LogP contribution in [0.3, 0.4) is 0 Å². The lowest BCUT2D eigenvalue weighted by molar-refractivity contribution is 0.0601. The number of aromatic nitrogens is 3. The van der Waals surface area contributed by atoms with Gasteiger partial charge < -0.3 is 0 Å². The molecule has 1 fully saturated rings. The molecule has 0 saturated carbocycles. The van der Waals surface area contributed by atoms with Crippen molar-refractivity contribution < 1.29 is 0 Å². The fourth-order valence-electron chi connectivity index (χ4n) is 3.10. The van der Waals surface area contributed by atoms with Crippen LogP contribution in [0.25, 0.3) is 0 Å². The second kappa shape index (κ2) is 6.65. The fourth-order valence-corrected chi connectivity index (χ4v) is 3.10. The largest absolute Gasteiger partial charge is 0.297 e. The molecule has 2 heterocycles. The molecule has 1 unspecified atom stereocenters. The standard InChI is InChI=1S/C14H28N6/c1-4-20-13(16-11-17-20)10-12(18-15)14(2,3)19-8-6-5-7-9-19/h11-12,18H,4-10,15H2,1-3H3. The first-order valence-corrected chi connectivity index (χ1v) is 7.67. The molecule has 2 rings (SSSR count). The Balaban J connectivity index is 2.09. The van der Waals surface area contributed by atoms with Gasteiger partial charge in [0.15, 0.2) is 0 Å². The fraction of sp³-hybridized carbons (Fsp3) is 0.857. The van der Waals surface area contributed by atoms with Gasteiger partial charge in [0.05, 0.1) is 0 Å². The third kappa shape index (κ3) is 3.19. The Morgan fingerprint density at radius 2 is 2.05 bits per heavy atom. The predicted octanol–water partition coefficient (Wildman–Crippen LogP) is 0.937. The van der Waals surface area contributed by atoms with Gasteiger partial charge in [-0.05, 0) is 46.7 Å². The van der Waals surface area contributed by atoms with Crippen molar-refractivity contribution in [1.29, 1.82) is 0 Å². The average molecular weight is 280 g/mol. The van der Waals surface area contributed by atoms with Gasteiger partial charge in [0, 0.05) is 24.5 Å². The highest BCUT2D eigenvalue weighted by Crippen LogP contribution is 2.25. The smallest absolute Gasteiger partial charge is 0.138 e. The van der Waals surface area contributed by atoms with E-state index in [4.69, 9.17) is 5.84 Å². The normalized spacial score (nSPS) is 19.2. The Kier molecular flexibility index (Phi) is 5.12. The van der Waals surface area contributed by atoms with Gasteiger partial charge in [-0.1, -0.05) is 6.42 Å². The molecule has 0 spiro atoms. The molecule has 1 aliphatic rings. The highest BCUT2D eigenvalue weighted by Gasteiger charge is 2.36. The minimum absolute atomic E-state index is 0.0136. The van der Waals surface area contributed by atoms with Crippen LogP contribution >= 0.6 is 0 Å². The number of nitrogens with two attached hydrogens (primary N) is 1. The molecule has 1 saturated heterocycles. The quantitative estimate of drug-likeness (QED) is 0.599. The first kappa shape index (κ1) is 15.4. The topological polar surface area (TPSA) is 72.0 Å². The van der Waals surface area contributed by atoms with Crippen molar-refractivity contribution in [2.75, 3.05) is 13.1 Å². The average Bonchev–Trinajstić information content (AvgIpc) is 2.92. The van der Waals surface area contributed by atoms with Crippen LogP contribution in [0.5, 0.6) is 0 Å². The molecule has 1 aromatic rings. The minimum atomic E-state index is 0.0136. The van der Waals surface area contributed by atoms with Crippen molar-refractivity contribution in [1.82, 2.24) is 25.1 Å². The van der Waals surface area contributed by atoms with E-state index in [1.54, 1.807) is 6.33 Å². The van der Waals surface area contributed by atoms with Crippen LogP contribution in [-0.2, 0) is 13.0 Å². The highest BCUT2D eigenvalue weighted by atomic mass is 15.3. The van der Waals surface area contributed by atoms with Crippen LogP contribution in [0.4, 0.5) is 0 Å². The number of hydrogen-bond donors (Lipinski definition) is 2. The molecule has 0 bridgehead atoms. The summed E-state index contributed by atoms with van der Waals surface area (Å²) in [6.07, 6.45) is 6.34. The first-order chi connectivity index (χ1) is 9.59. The van der Waals surface area contributed by atoms with E-state index in [2.05, 4.69) is 41.2 Å². The molecule has 3 N–H and O–H groups in total. The van der Waals surface area contributed by atoms with Crippen LogP contribution in [-0.4, -0.2) is 44.3 Å². The van der Waals surface area contributed by atoms with Crippen molar-refractivity contribution in [2.45, 2.75) is 64.6 Å². The summed E-state index contributed by atoms with van der Waals surface area (Å²) in [4.78, 5) is 6.92. The monoisotopic (exact) mass is 280 g/mol. The van der Waals surface area contributed by atoms with E-state index in [-0.39, 0.29) is 11.6 Å². The number of hydrogen-bond acceptors (Lipinski definition) is 5. The maximum atomic E-state index is 5.84. The summed E-state index contributed by atoms with van der Waals surface area (Å²) in [5.41, 5.74) is 3.02. The number of hydrazine groups is 1. The van der Waals surface area contributed by atoms with Crippen LogP contribution in [0.1, 0.15) is 45.9 Å². The Morgan fingerprint density at radius 3 is 2.65 bits per heavy atom. The zero-order valence-electron chi connectivity index (χ0n) is 13.0. The number of nitrogens with zero attached hydrogens (tertiary/aromatic N) is 4. The first-order valence-electron chi connectivity index (χ1n) is 7.67. The summed E-state index contributed by atoms with van der Waals surface area (Å²) in [6, 6.07) is 0.162. The molecule has 0 aliphatic carbocycles. The molecule has 0 radical (unpaired) electrons. The zero-order valence-corrected chi connectivity index (χ0v) is 13.0. The molecule has 6 heteroatoms. The Labute approximate surface area is 121 Å². The summed E-state index contributed by atoms with van der Waals surface area (Å²) in [5.74, 6) is 6.84. The Bertz CT molecular complexity index is 408. The molecule has 0 aromatic carbocycles. The van der Waals surface area contributed by atoms with E-state index in [1.165, 1.54) is 19.3 Å². The van der Waals surface area contributed by atoms with Crippen LogP contribution < -0.4 is 11.3 Å². The highest BCUT2D eigenvalue weighted by molar-refractivity contribution is 5.00. The third-order valence-electron chi connectivity index (χ3n) is 4.61. The van der Waals surface area contributed by atoms with Crippen LogP contribution in [0.15, 0.2) is 6.33 Å². The maximum Gasteiger partial charge on any atom is 0.138 e. The number of aryl methyl sites for hydroxylation is 1. The van der Waals surface area contributed by atoms with E-state index in [1.807, 2.05) is 4.68 Å². The van der Waals surface area contributed by atoms with Crippen molar-refractivity contribution >= 4 is 0 Å². The molecule has 114 valence electrons. The van der Waals surface area contributed by atoms with Gasteiger partial charge in [-0.15, -0.1) is 0 Å². The van der Waals surface area contributed by atoms with Crippen molar-refractivity contribution in [3.05, 3.63) is 12.2 Å². The van der Waals surface area contributed by atoms with Gasteiger partial charge in [-0.2, -0.15) is 5.10 Å². The molecular weight excluding hydrogens is 252 g/mol. The number of piperidine rings is 1. The van der Waals surface area contributed by atoms with E-state index in [0.717, 1.165) is 31.9 Å². The zero-order chi connectivity index (χ0) is 14.6. The molecule has 1 aliphatic heterocycles. The molecule has 20 heavy (non-hydrogen) atoms. The molecule has 6 nitrogen and oxygen atoms in total. The third-order valence-corrected chi connectivity index (χ3v) is 4.61. The number of rotatable bonds is 6. The van der Waals surface area contributed by atoms with E-state index in [0.29, 0.717) is 0 Å². The van der Waals surface area contributed by atoms with Crippen LogP contribution in [0.2, 0.25) is 0 Å². The van der Waals surface area contributed by atoms with Crippen molar-refractivity contribution in [3.63, 3.8) is 0 Å². The van der Waals surface area contributed by atoms with E-state index < -0.39 is 0 Å². The van der Waals surface area contributed by atoms with Gasteiger partial charge in [0.25, 0.3) is 0 Å². The lowest BCUT2D eigenvalue weighted by atomic mass is 9.88. The van der Waals surface area contributed by atoms with Gasteiger partial charge in [-0.25, -0.2) is 4.98 Å². The van der Waals surface area contributed by atoms with Gasteiger partial charge in [-0.3, -0.25) is 20.9 Å². The minimum Gasteiger partial charge on any atom is -0.297 e. The van der Waals surface area contributed by atoms with Crippen molar-refractivity contribution in [3.8, 4) is 0 Å². The summed E-state index contributed by atoms with van der Waals surface area (Å²) >= 11 is 0. The molecule has 0 amide bonds. The van der Waals surface area contributed by atoms with Crippen LogP contribution in [0, 0.1) is 0 Å². The maximum absolute atomic E-state index is 5.84. The van der Waals surface area contributed by atoms with Gasteiger partial charge in [0.1, 0.15) is 12.2 Å². The molecule has 1 atom stereocenters. The van der Waals surface area contributed by atoms with Gasteiger partial charge >= 0.3 is 0 Å². The predicted molar refractivity (Wildman–Crippen MR) is 80.0 cm³/mol. The summed E-state index contributed by atoms with van der Waals surface area (Å²) in [5, 5.41) is 4.24. The second-order valence-corrected chi connectivity index (χ2v) is 6.12. The summed E-state index contributed by atoms with van der Waals surface area (Å²) in [7, 11) is 0. The van der Waals surface area contributed by atoms with Crippen molar-refractivity contribution in [2.24, 2.45) is 5.84 Å². The molecule has 1 aromatic heterocycles. The lowest BCUT2D eigenvalue weighted by Crippen LogP contribution is -2.61.